The van der Waals surface area contributed by atoms with Crippen molar-refractivity contribution in [2.24, 2.45) is 0 Å². The molecule has 0 saturated carbocycles. The number of carboxylic acids is 1. The van der Waals surface area contributed by atoms with Gasteiger partial charge in [-0.1, -0.05) is 17.7 Å². The van der Waals surface area contributed by atoms with Crippen LogP contribution < -0.4 is 4.90 Å². The Morgan fingerprint density at radius 2 is 2.06 bits per heavy atom. The summed E-state index contributed by atoms with van der Waals surface area (Å²) >= 11 is 0. The van der Waals surface area contributed by atoms with E-state index in [0.717, 1.165) is 18.7 Å². The first-order chi connectivity index (χ1) is 8.48. The van der Waals surface area contributed by atoms with E-state index in [-0.39, 0.29) is 6.42 Å². The molecule has 18 heavy (non-hydrogen) atoms. The molecule has 1 unspecified atom stereocenters. The lowest BCUT2D eigenvalue weighted by atomic mass is 9.89. The fourth-order valence-electron chi connectivity index (χ4n) is 2.51. The smallest absolute Gasteiger partial charge is 0.306 e. The Labute approximate surface area is 107 Å². The molecule has 4 heteroatoms. The van der Waals surface area contributed by atoms with E-state index in [4.69, 9.17) is 5.11 Å². The lowest BCUT2D eigenvalue weighted by Crippen LogP contribution is -2.49. The SMILES string of the molecule is Cc1ccc(N2CCCC(O)(CC(=O)O)C2)cc1. The summed E-state index contributed by atoms with van der Waals surface area (Å²) in [5, 5.41) is 19.2. The lowest BCUT2D eigenvalue weighted by Gasteiger charge is -2.39. The van der Waals surface area contributed by atoms with Crippen LogP contribution in [0.1, 0.15) is 24.8 Å². The molecule has 1 heterocycles. The summed E-state index contributed by atoms with van der Waals surface area (Å²) in [6, 6.07) is 8.09. The molecule has 2 rings (SSSR count). The van der Waals surface area contributed by atoms with Gasteiger partial charge in [0.2, 0.25) is 0 Å². The van der Waals surface area contributed by atoms with Crippen LogP contribution in [0.25, 0.3) is 0 Å². The van der Waals surface area contributed by atoms with Crippen LogP contribution in [0.4, 0.5) is 5.69 Å². The van der Waals surface area contributed by atoms with Gasteiger partial charge in [-0.15, -0.1) is 0 Å². The number of aryl methyl sites for hydroxylation is 1. The number of rotatable bonds is 3. The highest BCUT2D eigenvalue weighted by Gasteiger charge is 2.35. The number of β-amino-alcohol motifs (C(OH)–C–C–N with tert-alkyl or cyclic N) is 1. The molecule has 0 aromatic heterocycles. The Bertz CT molecular complexity index is 429. The van der Waals surface area contributed by atoms with Gasteiger partial charge in [0, 0.05) is 18.8 Å². The molecule has 1 saturated heterocycles. The van der Waals surface area contributed by atoms with Gasteiger partial charge in [0.1, 0.15) is 0 Å². The molecule has 4 nitrogen and oxygen atoms in total. The zero-order valence-corrected chi connectivity index (χ0v) is 10.6. The molecule has 0 aliphatic carbocycles. The molecular formula is C14H19NO3. The number of nitrogens with zero attached hydrogens (tertiary/aromatic N) is 1. The molecule has 1 fully saturated rings. The molecule has 0 bridgehead atoms. The van der Waals surface area contributed by atoms with E-state index >= 15 is 0 Å². The van der Waals surface area contributed by atoms with Crippen LogP contribution in [-0.2, 0) is 4.79 Å². The van der Waals surface area contributed by atoms with Crippen molar-refractivity contribution in [3.05, 3.63) is 29.8 Å². The molecule has 1 aliphatic heterocycles. The van der Waals surface area contributed by atoms with Crippen molar-refractivity contribution >= 4 is 11.7 Å². The Balaban J connectivity index is 2.11. The topological polar surface area (TPSA) is 60.8 Å². The van der Waals surface area contributed by atoms with E-state index in [1.165, 1.54) is 5.56 Å². The molecular weight excluding hydrogens is 230 g/mol. The highest BCUT2D eigenvalue weighted by atomic mass is 16.4. The van der Waals surface area contributed by atoms with Crippen LogP contribution in [0.5, 0.6) is 0 Å². The summed E-state index contributed by atoms with van der Waals surface area (Å²) in [6.07, 6.45) is 1.19. The third kappa shape index (κ3) is 3.01. The van der Waals surface area contributed by atoms with E-state index in [1.54, 1.807) is 0 Å². The zero-order valence-electron chi connectivity index (χ0n) is 10.6. The summed E-state index contributed by atoms with van der Waals surface area (Å²) in [4.78, 5) is 12.8. The monoisotopic (exact) mass is 249 g/mol. The second kappa shape index (κ2) is 4.98. The Morgan fingerprint density at radius 1 is 1.39 bits per heavy atom. The average molecular weight is 249 g/mol. The van der Waals surface area contributed by atoms with Crippen molar-refractivity contribution in [2.75, 3.05) is 18.0 Å². The second-order valence-corrected chi connectivity index (χ2v) is 5.16. The van der Waals surface area contributed by atoms with E-state index in [0.29, 0.717) is 13.0 Å². The summed E-state index contributed by atoms with van der Waals surface area (Å²) in [6.45, 7) is 3.29. The number of hydrogen-bond acceptors (Lipinski definition) is 3. The van der Waals surface area contributed by atoms with Crippen LogP contribution >= 0.6 is 0 Å². The quantitative estimate of drug-likeness (QED) is 0.857. The highest BCUT2D eigenvalue weighted by molar-refractivity contribution is 5.68. The summed E-state index contributed by atoms with van der Waals surface area (Å²) in [5.74, 6) is -0.941. The predicted octanol–water partition coefficient (Wildman–Crippen LogP) is 1.80. The van der Waals surface area contributed by atoms with Gasteiger partial charge < -0.3 is 15.1 Å². The maximum absolute atomic E-state index is 10.8. The van der Waals surface area contributed by atoms with Gasteiger partial charge in [0.25, 0.3) is 0 Å². The first-order valence-electron chi connectivity index (χ1n) is 6.24. The van der Waals surface area contributed by atoms with Crippen molar-refractivity contribution in [3.8, 4) is 0 Å². The fraction of sp³-hybridized carbons (Fsp3) is 0.500. The van der Waals surface area contributed by atoms with Crippen molar-refractivity contribution in [3.63, 3.8) is 0 Å². The van der Waals surface area contributed by atoms with Crippen molar-refractivity contribution in [2.45, 2.75) is 31.8 Å². The maximum atomic E-state index is 10.8. The lowest BCUT2D eigenvalue weighted by molar-refractivity contribution is -0.142. The van der Waals surface area contributed by atoms with Gasteiger partial charge in [-0.05, 0) is 31.9 Å². The minimum Gasteiger partial charge on any atom is -0.481 e. The van der Waals surface area contributed by atoms with E-state index in [1.807, 2.05) is 31.2 Å². The van der Waals surface area contributed by atoms with Gasteiger partial charge in [0.05, 0.1) is 12.0 Å². The number of piperidine rings is 1. The van der Waals surface area contributed by atoms with Crippen LogP contribution in [0.3, 0.4) is 0 Å². The minimum atomic E-state index is -1.10. The molecule has 1 atom stereocenters. The second-order valence-electron chi connectivity index (χ2n) is 5.16. The Hall–Kier alpha value is -1.55. The normalized spacial score (nSPS) is 24.0. The molecule has 2 N–H and O–H groups in total. The number of aliphatic hydroxyl groups is 1. The molecule has 98 valence electrons. The van der Waals surface area contributed by atoms with Crippen molar-refractivity contribution in [1.82, 2.24) is 0 Å². The van der Waals surface area contributed by atoms with Crippen molar-refractivity contribution in [1.29, 1.82) is 0 Å². The van der Waals surface area contributed by atoms with Gasteiger partial charge in [0.15, 0.2) is 0 Å². The van der Waals surface area contributed by atoms with Crippen LogP contribution in [0.15, 0.2) is 24.3 Å². The number of aliphatic carboxylic acids is 1. The maximum Gasteiger partial charge on any atom is 0.306 e. The van der Waals surface area contributed by atoms with Gasteiger partial charge in [-0.25, -0.2) is 0 Å². The highest BCUT2D eigenvalue weighted by Crippen LogP contribution is 2.28. The minimum absolute atomic E-state index is 0.185. The average Bonchev–Trinajstić information content (AvgIpc) is 2.28. The van der Waals surface area contributed by atoms with Crippen LogP contribution in [0, 0.1) is 6.92 Å². The van der Waals surface area contributed by atoms with Gasteiger partial charge >= 0.3 is 5.97 Å². The predicted molar refractivity (Wildman–Crippen MR) is 69.8 cm³/mol. The number of carbonyl (C=O) groups is 1. The summed E-state index contributed by atoms with van der Waals surface area (Å²) < 4.78 is 0. The molecule has 0 spiro atoms. The van der Waals surface area contributed by atoms with E-state index in [2.05, 4.69) is 4.90 Å². The Kier molecular flexibility index (Phi) is 3.57. The molecule has 0 radical (unpaired) electrons. The molecule has 1 aromatic rings. The number of carboxylic acid groups (broad SMARTS) is 1. The van der Waals surface area contributed by atoms with Gasteiger partial charge in [-0.2, -0.15) is 0 Å². The third-order valence-corrected chi connectivity index (χ3v) is 3.43. The van der Waals surface area contributed by atoms with Gasteiger partial charge in [-0.3, -0.25) is 4.79 Å². The first kappa shape index (κ1) is 12.9. The summed E-state index contributed by atoms with van der Waals surface area (Å²) in [5.41, 5.74) is 1.13. The molecule has 1 aliphatic rings. The zero-order chi connectivity index (χ0) is 13.2. The summed E-state index contributed by atoms with van der Waals surface area (Å²) in [7, 11) is 0. The van der Waals surface area contributed by atoms with E-state index in [9.17, 15) is 9.90 Å². The first-order valence-corrected chi connectivity index (χ1v) is 6.24. The third-order valence-electron chi connectivity index (χ3n) is 3.43. The molecule has 1 aromatic carbocycles. The standard InChI is InChI=1S/C14H19NO3/c1-11-3-5-12(6-4-11)15-8-2-7-14(18,10-15)9-13(16)17/h3-6,18H,2,7-10H2,1H3,(H,16,17). The van der Waals surface area contributed by atoms with E-state index < -0.39 is 11.6 Å². The Morgan fingerprint density at radius 3 is 2.67 bits per heavy atom. The van der Waals surface area contributed by atoms with Crippen LogP contribution in [0.2, 0.25) is 0 Å². The number of hydrogen-bond donors (Lipinski definition) is 2. The largest absolute Gasteiger partial charge is 0.481 e. The number of anilines is 1. The fourth-order valence-corrected chi connectivity index (χ4v) is 2.51. The van der Waals surface area contributed by atoms with Crippen molar-refractivity contribution < 1.29 is 15.0 Å². The van der Waals surface area contributed by atoms with Crippen LogP contribution in [-0.4, -0.2) is 34.9 Å². The number of benzene rings is 1. The molecule has 0 amide bonds.